The number of aromatic amines is 1. The van der Waals surface area contributed by atoms with E-state index in [0.29, 0.717) is 25.0 Å². The predicted molar refractivity (Wildman–Crippen MR) is 135 cm³/mol. The van der Waals surface area contributed by atoms with Crippen molar-refractivity contribution in [1.82, 2.24) is 24.5 Å². The van der Waals surface area contributed by atoms with Crippen molar-refractivity contribution in [2.24, 2.45) is 0 Å². The Morgan fingerprint density at radius 1 is 0.971 bits per heavy atom. The van der Waals surface area contributed by atoms with E-state index >= 15 is 0 Å². The van der Waals surface area contributed by atoms with Crippen LogP contribution in [0.25, 0.3) is 10.9 Å². The lowest BCUT2D eigenvalue weighted by Gasteiger charge is -2.36. The predicted octanol–water partition coefficient (Wildman–Crippen LogP) is 3.90. The minimum absolute atomic E-state index is 0.00541. The Labute approximate surface area is 205 Å². The molecule has 9 nitrogen and oxygen atoms in total. The third kappa shape index (κ3) is 3.78. The Bertz CT molecular complexity index is 1360. The van der Waals surface area contributed by atoms with Crippen LogP contribution in [0.3, 0.4) is 0 Å². The summed E-state index contributed by atoms with van der Waals surface area (Å²) in [5.74, 6) is 2.75. The number of H-pyrrole nitrogens is 1. The molecule has 10 heteroatoms. The lowest BCUT2D eigenvalue weighted by Crippen LogP contribution is -2.51. The van der Waals surface area contributed by atoms with E-state index in [2.05, 4.69) is 26.5 Å². The highest BCUT2D eigenvalue weighted by molar-refractivity contribution is 7.89. The van der Waals surface area contributed by atoms with Crippen LogP contribution in [-0.4, -0.2) is 63.3 Å². The standard InChI is InChI=1S/C25H31N7O2S/c33-35(34,19-6-2-1-3-7-19)32-15-17-12-18(32)14-31(17)25-26-21-9-5-4-8-20(21)24(28-25)27-23-13-22(29-30-23)16-10-11-16/h4-5,8-9,13,16-19H,1-3,6-7,10-12,14-15H2,(H2,26,27,28,29,30). The maximum absolute atomic E-state index is 13.4. The average Bonchev–Trinajstić information content (AvgIpc) is 3.29. The molecule has 0 spiro atoms. The first kappa shape index (κ1) is 21.6. The van der Waals surface area contributed by atoms with Crippen molar-refractivity contribution in [3.05, 3.63) is 36.0 Å². The lowest BCUT2D eigenvalue weighted by molar-refractivity contribution is 0.351. The van der Waals surface area contributed by atoms with Gasteiger partial charge in [-0.3, -0.25) is 5.10 Å². The molecule has 7 rings (SSSR count). The van der Waals surface area contributed by atoms with E-state index in [1.807, 2.05) is 24.3 Å². The van der Waals surface area contributed by atoms with Gasteiger partial charge >= 0.3 is 0 Å². The van der Waals surface area contributed by atoms with Crippen LogP contribution in [0.15, 0.2) is 30.3 Å². The third-order valence-corrected chi connectivity index (χ3v) is 10.6. The van der Waals surface area contributed by atoms with Crippen molar-refractivity contribution in [3.8, 4) is 0 Å². The molecule has 4 fully saturated rings. The summed E-state index contributed by atoms with van der Waals surface area (Å²) >= 11 is 0. The van der Waals surface area contributed by atoms with Gasteiger partial charge in [-0.2, -0.15) is 14.4 Å². The van der Waals surface area contributed by atoms with Gasteiger partial charge in [-0.05, 0) is 44.2 Å². The van der Waals surface area contributed by atoms with Gasteiger partial charge in [-0.25, -0.2) is 13.4 Å². The van der Waals surface area contributed by atoms with Crippen molar-refractivity contribution >= 4 is 38.5 Å². The summed E-state index contributed by atoms with van der Waals surface area (Å²) in [7, 11) is -3.24. The van der Waals surface area contributed by atoms with Gasteiger partial charge in [0.15, 0.2) is 5.82 Å². The zero-order chi connectivity index (χ0) is 23.6. The monoisotopic (exact) mass is 493 g/mol. The van der Waals surface area contributed by atoms with E-state index in [1.165, 1.54) is 18.5 Å². The van der Waals surface area contributed by atoms with E-state index in [9.17, 15) is 8.42 Å². The van der Waals surface area contributed by atoms with Crippen LogP contribution in [0.1, 0.15) is 63.0 Å². The number of hydrogen-bond donors (Lipinski definition) is 2. The Morgan fingerprint density at radius 2 is 1.80 bits per heavy atom. The van der Waals surface area contributed by atoms with Crippen LogP contribution in [0.5, 0.6) is 0 Å². The van der Waals surface area contributed by atoms with Gasteiger partial charge in [-0.1, -0.05) is 31.4 Å². The number of sulfonamides is 1. The van der Waals surface area contributed by atoms with Gasteiger partial charge in [0.05, 0.1) is 10.8 Å². The van der Waals surface area contributed by atoms with Gasteiger partial charge in [-0.15, -0.1) is 0 Å². The lowest BCUT2D eigenvalue weighted by atomic mass is 10.0. The average molecular weight is 494 g/mol. The summed E-state index contributed by atoms with van der Waals surface area (Å²) < 4.78 is 28.5. The Morgan fingerprint density at radius 3 is 2.57 bits per heavy atom. The summed E-state index contributed by atoms with van der Waals surface area (Å²) in [6.07, 6.45) is 8.08. The van der Waals surface area contributed by atoms with E-state index in [0.717, 1.165) is 61.1 Å². The molecule has 2 unspecified atom stereocenters. The van der Waals surface area contributed by atoms with Crippen molar-refractivity contribution < 1.29 is 8.42 Å². The molecular weight excluding hydrogens is 462 g/mol. The van der Waals surface area contributed by atoms with Crippen molar-refractivity contribution in [3.63, 3.8) is 0 Å². The van der Waals surface area contributed by atoms with E-state index in [-0.39, 0.29) is 17.3 Å². The largest absolute Gasteiger partial charge is 0.335 e. The summed E-state index contributed by atoms with van der Waals surface area (Å²) in [5.41, 5.74) is 2.04. The van der Waals surface area contributed by atoms with Gasteiger partial charge in [0.25, 0.3) is 0 Å². The third-order valence-electron chi connectivity index (χ3n) is 8.20. The zero-order valence-electron chi connectivity index (χ0n) is 19.7. The summed E-state index contributed by atoms with van der Waals surface area (Å²) in [4.78, 5) is 12.0. The molecule has 2 saturated heterocycles. The highest BCUT2D eigenvalue weighted by Crippen LogP contribution is 2.41. The smallest absolute Gasteiger partial charge is 0.228 e. The number of aromatic nitrogens is 4. The maximum Gasteiger partial charge on any atom is 0.228 e. The minimum Gasteiger partial charge on any atom is -0.335 e. The van der Waals surface area contributed by atoms with Crippen molar-refractivity contribution in [2.45, 2.75) is 74.6 Å². The highest BCUT2D eigenvalue weighted by Gasteiger charge is 2.50. The number of para-hydroxylation sites is 1. The first-order chi connectivity index (χ1) is 17.1. The van der Waals surface area contributed by atoms with Crippen LogP contribution in [-0.2, 0) is 10.0 Å². The molecule has 4 heterocycles. The molecule has 0 radical (unpaired) electrons. The van der Waals surface area contributed by atoms with Gasteiger partial charge < -0.3 is 10.2 Å². The Kier molecular flexibility index (Phi) is 5.03. The highest BCUT2D eigenvalue weighted by atomic mass is 32.2. The van der Waals surface area contributed by atoms with E-state index < -0.39 is 10.0 Å². The van der Waals surface area contributed by atoms with E-state index in [1.54, 1.807) is 4.31 Å². The van der Waals surface area contributed by atoms with Crippen molar-refractivity contribution in [2.75, 3.05) is 23.3 Å². The molecule has 0 amide bonds. The molecule has 3 aromatic rings. The molecule has 2 aliphatic carbocycles. The zero-order valence-corrected chi connectivity index (χ0v) is 20.5. The second kappa shape index (κ2) is 8.16. The summed E-state index contributed by atoms with van der Waals surface area (Å²) in [5, 5.41) is 11.7. The topological polar surface area (TPSA) is 107 Å². The van der Waals surface area contributed by atoms with Crippen LogP contribution in [0, 0.1) is 0 Å². The second-order valence-electron chi connectivity index (χ2n) is 10.6. The number of anilines is 3. The molecule has 2 bridgehead atoms. The molecule has 2 saturated carbocycles. The molecule has 2 aromatic heterocycles. The molecule has 35 heavy (non-hydrogen) atoms. The van der Waals surface area contributed by atoms with Crippen LogP contribution in [0.2, 0.25) is 0 Å². The number of benzene rings is 1. The SMILES string of the molecule is O=S(=O)(C1CCCCC1)N1CC2CC1CN2c1nc(Nc2cc(C3CC3)[nH]n2)c2ccccc2n1. The van der Waals surface area contributed by atoms with Crippen molar-refractivity contribution in [1.29, 1.82) is 0 Å². The van der Waals surface area contributed by atoms with Crippen LogP contribution >= 0.6 is 0 Å². The number of nitrogens with one attached hydrogen (secondary N) is 2. The number of piperazine rings is 1. The number of nitrogens with zero attached hydrogens (tertiary/aromatic N) is 5. The molecule has 2 atom stereocenters. The second-order valence-corrected chi connectivity index (χ2v) is 12.7. The first-order valence-corrected chi connectivity index (χ1v) is 14.4. The molecule has 184 valence electrons. The number of rotatable bonds is 6. The van der Waals surface area contributed by atoms with Crippen LogP contribution < -0.4 is 10.2 Å². The van der Waals surface area contributed by atoms with Gasteiger partial charge in [0.1, 0.15) is 5.82 Å². The number of fused-ring (bicyclic) bond motifs is 3. The molecule has 2 aliphatic heterocycles. The van der Waals surface area contributed by atoms with Crippen LogP contribution in [0.4, 0.5) is 17.6 Å². The molecule has 2 N–H and O–H groups in total. The fourth-order valence-corrected chi connectivity index (χ4v) is 8.42. The fourth-order valence-electron chi connectivity index (χ4n) is 6.16. The maximum atomic E-state index is 13.4. The molecule has 4 aliphatic rings. The van der Waals surface area contributed by atoms with E-state index in [4.69, 9.17) is 9.97 Å². The Hall–Kier alpha value is -2.72. The normalized spacial score (nSPS) is 25.5. The quantitative estimate of drug-likeness (QED) is 0.536. The molecule has 1 aromatic carbocycles. The molecular formula is C25H31N7O2S. The van der Waals surface area contributed by atoms with Gasteiger partial charge in [0.2, 0.25) is 16.0 Å². The van der Waals surface area contributed by atoms with Gasteiger partial charge in [0, 0.05) is 48.2 Å². The Balaban J connectivity index is 1.15. The number of hydrogen-bond acceptors (Lipinski definition) is 7. The minimum atomic E-state index is -3.24. The summed E-state index contributed by atoms with van der Waals surface area (Å²) in [6.45, 7) is 1.18. The fraction of sp³-hybridized carbons (Fsp3) is 0.560. The first-order valence-electron chi connectivity index (χ1n) is 12.9. The summed E-state index contributed by atoms with van der Waals surface area (Å²) in [6, 6.07) is 10.2.